The van der Waals surface area contributed by atoms with Crippen molar-refractivity contribution < 1.29 is 18.7 Å². The van der Waals surface area contributed by atoms with E-state index in [1.165, 1.54) is 11.0 Å². The number of benzene rings is 3. The van der Waals surface area contributed by atoms with Crippen LogP contribution >= 0.6 is 0 Å². The Morgan fingerprint density at radius 2 is 1.61 bits per heavy atom. The van der Waals surface area contributed by atoms with Gasteiger partial charge in [0.1, 0.15) is 17.6 Å². The van der Waals surface area contributed by atoms with E-state index in [1.807, 2.05) is 61.5 Å². The van der Waals surface area contributed by atoms with Gasteiger partial charge in [-0.05, 0) is 35.6 Å². The molecular formula is C30H35FN2O3. The number of carbonyl (C=O) groups is 2. The van der Waals surface area contributed by atoms with Crippen LogP contribution in [0.15, 0.2) is 78.9 Å². The first-order chi connectivity index (χ1) is 17.4. The maximum absolute atomic E-state index is 14.6. The van der Waals surface area contributed by atoms with Crippen LogP contribution in [0.4, 0.5) is 4.39 Å². The lowest BCUT2D eigenvalue weighted by Crippen LogP contribution is -2.52. The van der Waals surface area contributed by atoms with Gasteiger partial charge in [-0.2, -0.15) is 0 Å². The predicted molar refractivity (Wildman–Crippen MR) is 140 cm³/mol. The largest absolute Gasteiger partial charge is 0.483 e. The summed E-state index contributed by atoms with van der Waals surface area (Å²) in [6, 6.07) is 22.6. The van der Waals surface area contributed by atoms with E-state index in [0.717, 1.165) is 17.5 Å². The highest BCUT2D eigenvalue weighted by atomic mass is 19.1. The Bertz CT molecular complexity index is 1130. The molecule has 3 aromatic rings. The molecular weight excluding hydrogens is 455 g/mol. The second-order valence-corrected chi connectivity index (χ2v) is 9.09. The summed E-state index contributed by atoms with van der Waals surface area (Å²) in [5.41, 5.74) is 2.24. The Labute approximate surface area is 213 Å². The number of amides is 2. The molecule has 0 unspecified atom stereocenters. The van der Waals surface area contributed by atoms with Gasteiger partial charge in [0.15, 0.2) is 6.61 Å². The van der Waals surface area contributed by atoms with E-state index in [4.69, 9.17) is 4.74 Å². The molecule has 0 heterocycles. The topological polar surface area (TPSA) is 58.6 Å². The second kappa shape index (κ2) is 13.4. The van der Waals surface area contributed by atoms with Crippen molar-refractivity contribution in [3.05, 3.63) is 101 Å². The van der Waals surface area contributed by atoms with Gasteiger partial charge >= 0.3 is 0 Å². The monoisotopic (exact) mass is 490 g/mol. The lowest BCUT2D eigenvalue weighted by Gasteiger charge is -2.31. The summed E-state index contributed by atoms with van der Waals surface area (Å²) in [7, 11) is 0. The minimum Gasteiger partial charge on any atom is -0.483 e. The number of halogens is 1. The zero-order valence-corrected chi connectivity index (χ0v) is 21.2. The van der Waals surface area contributed by atoms with Gasteiger partial charge in [0.05, 0.1) is 0 Å². The summed E-state index contributed by atoms with van der Waals surface area (Å²) in [4.78, 5) is 28.4. The number of hydrogen-bond acceptors (Lipinski definition) is 3. The molecule has 0 radical (unpaired) electrons. The van der Waals surface area contributed by atoms with Crippen LogP contribution in [0, 0.1) is 5.82 Å². The Morgan fingerprint density at radius 3 is 2.31 bits per heavy atom. The highest BCUT2D eigenvalue weighted by molar-refractivity contribution is 5.88. The number of carbonyl (C=O) groups excluding carboxylic acids is 2. The fraction of sp³-hybridized carbons (Fsp3) is 0.333. The lowest BCUT2D eigenvalue weighted by molar-refractivity contribution is -0.142. The molecule has 0 fully saturated rings. The van der Waals surface area contributed by atoms with Gasteiger partial charge in [0.2, 0.25) is 5.91 Å². The predicted octanol–water partition coefficient (Wildman–Crippen LogP) is 5.49. The fourth-order valence-electron chi connectivity index (χ4n) is 4.04. The molecule has 3 aromatic carbocycles. The zero-order valence-electron chi connectivity index (χ0n) is 21.2. The van der Waals surface area contributed by atoms with Crippen LogP contribution in [0.3, 0.4) is 0 Å². The van der Waals surface area contributed by atoms with Gasteiger partial charge < -0.3 is 15.0 Å². The van der Waals surface area contributed by atoms with E-state index in [2.05, 4.69) is 19.2 Å². The molecule has 0 saturated carbocycles. The molecule has 0 aliphatic carbocycles. The molecule has 0 saturated heterocycles. The Morgan fingerprint density at radius 1 is 0.944 bits per heavy atom. The SMILES string of the molecule is CCCNC(=O)[C@H](Cc1ccccc1)N(Cc1ccccc1F)C(=O)COc1ccccc1C(C)C. The number of ether oxygens (including phenoxy) is 1. The summed E-state index contributed by atoms with van der Waals surface area (Å²) in [6.45, 7) is 6.27. The van der Waals surface area contributed by atoms with E-state index in [1.54, 1.807) is 18.2 Å². The zero-order chi connectivity index (χ0) is 25.9. The molecule has 0 aliphatic rings. The second-order valence-electron chi connectivity index (χ2n) is 9.09. The van der Waals surface area contributed by atoms with E-state index in [0.29, 0.717) is 24.3 Å². The molecule has 2 amide bonds. The average molecular weight is 491 g/mol. The van der Waals surface area contributed by atoms with Crippen LogP contribution in [-0.2, 0) is 22.6 Å². The Hall–Kier alpha value is -3.67. The van der Waals surface area contributed by atoms with Gasteiger partial charge in [-0.3, -0.25) is 9.59 Å². The van der Waals surface area contributed by atoms with Crippen molar-refractivity contribution in [2.75, 3.05) is 13.2 Å². The lowest BCUT2D eigenvalue weighted by atomic mass is 10.0. The Kier molecular flexibility index (Phi) is 10.0. The van der Waals surface area contributed by atoms with Crippen LogP contribution in [-0.4, -0.2) is 35.9 Å². The molecule has 190 valence electrons. The van der Waals surface area contributed by atoms with Crippen molar-refractivity contribution in [1.29, 1.82) is 0 Å². The molecule has 36 heavy (non-hydrogen) atoms. The van der Waals surface area contributed by atoms with Gasteiger partial charge in [0, 0.05) is 25.1 Å². The van der Waals surface area contributed by atoms with Crippen LogP contribution in [0.5, 0.6) is 5.75 Å². The van der Waals surface area contributed by atoms with Gasteiger partial charge in [-0.1, -0.05) is 87.5 Å². The van der Waals surface area contributed by atoms with Crippen molar-refractivity contribution in [3.8, 4) is 5.75 Å². The molecule has 0 bridgehead atoms. The number of nitrogens with zero attached hydrogens (tertiary/aromatic N) is 1. The van der Waals surface area contributed by atoms with Gasteiger partial charge in [-0.25, -0.2) is 4.39 Å². The van der Waals surface area contributed by atoms with E-state index < -0.39 is 11.9 Å². The molecule has 1 atom stereocenters. The summed E-state index contributed by atoms with van der Waals surface area (Å²) in [6.07, 6.45) is 1.07. The van der Waals surface area contributed by atoms with Crippen molar-refractivity contribution in [2.24, 2.45) is 0 Å². The van der Waals surface area contributed by atoms with Crippen LogP contribution in [0.2, 0.25) is 0 Å². The third-order valence-electron chi connectivity index (χ3n) is 6.01. The highest BCUT2D eigenvalue weighted by Gasteiger charge is 2.31. The normalized spacial score (nSPS) is 11.7. The van der Waals surface area contributed by atoms with E-state index >= 15 is 0 Å². The summed E-state index contributed by atoms with van der Waals surface area (Å²) in [5.74, 6) is -0.232. The summed E-state index contributed by atoms with van der Waals surface area (Å²) in [5, 5.41) is 2.92. The summed E-state index contributed by atoms with van der Waals surface area (Å²) < 4.78 is 20.6. The average Bonchev–Trinajstić information content (AvgIpc) is 2.89. The molecule has 0 aromatic heterocycles. The Balaban J connectivity index is 1.92. The first-order valence-electron chi connectivity index (χ1n) is 12.5. The quantitative estimate of drug-likeness (QED) is 0.365. The van der Waals surface area contributed by atoms with Crippen LogP contribution < -0.4 is 10.1 Å². The van der Waals surface area contributed by atoms with Crippen LogP contribution in [0.25, 0.3) is 0 Å². The molecule has 5 nitrogen and oxygen atoms in total. The van der Waals surface area contributed by atoms with Crippen molar-refractivity contribution in [1.82, 2.24) is 10.2 Å². The number of rotatable bonds is 12. The molecule has 0 aliphatic heterocycles. The van der Waals surface area contributed by atoms with Crippen molar-refractivity contribution >= 4 is 11.8 Å². The summed E-state index contributed by atoms with van der Waals surface area (Å²) >= 11 is 0. The number of hydrogen-bond donors (Lipinski definition) is 1. The minimum atomic E-state index is -0.824. The number of nitrogens with one attached hydrogen (secondary N) is 1. The first kappa shape index (κ1) is 26.9. The fourth-order valence-corrected chi connectivity index (χ4v) is 4.04. The van der Waals surface area contributed by atoms with Gasteiger partial charge in [-0.15, -0.1) is 0 Å². The number of para-hydroxylation sites is 1. The molecule has 0 spiro atoms. The minimum absolute atomic E-state index is 0.0439. The van der Waals surface area contributed by atoms with E-state index in [-0.39, 0.29) is 30.9 Å². The van der Waals surface area contributed by atoms with Crippen molar-refractivity contribution in [3.63, 3.8) is 0 Å². The standard InChI is InChI=1S/C30H35FN2O3/c1-4-18-32-30(35)27(19-23-12-6-5-7-13-23)33(20-24-14-8-10-16-26(24)31)29(34)21-36-28-17-11-9-15-25(28)22(2)3/h5-17,22,27H,4,18-21H2,1-3H3,(H,32,35)/t27-/m0/s1. The molecule has 6 heteroatoms. The third-order valence-corrected chi connectivity index (χ3v) is 6.01. The third kappa shape index (κ3) is 7.41. The molecule has 3 rings (SSSR count). The van der Waals surface area contributed by atoms with Crippen molar-refractivity contribution in [2.45, 2.75) is 52.1 Å². The smallest absolute Gasteiger partial charge is 0.261 e. The molecule has 1 N–H and O–H groups in total. The maximum atomic E-state index is 14.6. The highest BCUT2D eigenvalue weighted by Crippen LogP contribution is 2.26. The van der Waals surface area contributed by atoms with Gasteiger partial charge in [0.25, 0.3) is 5.91 Å². The maximum Gasteiger partial charge on any atom is 0.261 e. The van der Waals surface area contributed by atoms with Crippen LogP contribution in [0.1, 0.15) is 49.8 Å². The van der Waals surface area contributed by atoms with E-state index in [9.17, 15) is 14.0 Å². The first-order valence-corrected chi connectivity index (χ1v) is 12.5.